The summed E-state index contributed by atoms with van der Waals surface area (Å²) in [4.78, 5) is 12.5. The minimum Gasteiger partial charge on any atom is -0.348 e. The van der Waals surface area contributed by atoms with Crippen LogP contribution in [0.5, 0.6) is 0 Å². The molecule has 0 bridgehead atoms. The van der Waals surface area contributed by atoms with E-state index < -0.39 is 10.0 Å². The van der Waals surface area contributed by atoms with Gasteiger partial charge in [0.1, 0.15) is 6.54 Å². The predicted octanol–water partition coefficient (Wildman–Crippen LogP) is 4.02. The van der Waals surface area contributed by atoms with E-state index in [1.165, 1.54) is 5.56 Å². The van der Waals surface area contributed by atoms with Crippen LogP contribution in [-0.2, 0) is 21.2 Å². The van der Waals surface area contributed by atoms with E-state index in [2.05, 4.69) is 26.1 Å². The number of anilines is 1. The van der Waals surface area contributed by atoms with Crippen molar-refractivity contribution in [3.63, 3.8) is 0 Å². The second-order valence-corrected chi connectivity index (χ2v) is 9.31. The van der Waals surface area contributed by atoms with Crippen LogP contribution in [0.4, 0.5) is 5.69 Å². The monoisotopic (exact) mass is 402 g/mol. The molecular formula is C22H30N2O3S. The molecule has 1 amide bonds. The maximum atomic E-state index is 12.5. The Morgan fingerprint density at radius 3 is 1.96 bits per heavy atom. The lowest BCUT2D eigenvalue weighted by Crippen LogP contribution is -2.41. The van der Waals surface area contributed by atoms with Crippen molar-refractivity contribution in [1.82, 2.24) is 5.32 Å². The quantitative estimate of drug-likeness (QED) is 0.725. The van der Waals surface area contributed by atoms with Gasteiger partial charge in [-0.2, -0.15) is 0 Å². The summed E-state index contributed by atoms with van der Waals surface area (Å²) >= 11 is 0. The van der Waals surface area contributed by atoms with Gasteiger partial charge in [0.05, 0.1) is 18.0 Å². The van der Waals surface area contributed by atoms with Crippen LogP contribution in [0.3, 0.4) is 0 Å². The summed E-state index contributed by atoms with van der Waals surface area (Å²) in [5.41, 5.74) is 3.82. The van der Waals surface area contributed by atoms with Crippen LogP contribution < -0.4 is 9.62 Å². The number of aryl methyl sites for hydroxylation is 1. The SMILES string of the molecule is CCc1ccc(C(C)NC(=O)CN(c2ccc(C(C)C)cc2)S(C)(=O)=O)cc1. The first-order valence-electron chi connectivity index (χ1n) is 9.57. The van der Waals surface area contributed by atoms with Crippen LogP contribution in [0.15, 0.2) is 48.5 Å². The fourth-order valence-corrected chi connectivity index (χ4v) is 3.82. The Morgan fingerprint density at radius 2 is 1.50 bits per heavy atom. The predicted molar refractivity (Wildman–Crippen MR) is 115 cm³/mol. The minimum absolute atomic E-state index is 0.205. The minimum atomic E-state index is -3.58. The average Bonchev–Trinajstić information content (AvgIpc) is 2.65. The van der Waals surface area contributed by atoms with Gasteiger partial charge in [-0.15, -0.1) is 0 Å². The number of carbonyl (C=O) groups excluding carboxylic acids is 1. The molecule has 6 heteroatoms. The summed E-state index contributed by atoms with van der Waals surface area (Å²) in [6.07, 6.45) is 2.07. The number of nitrogens with zero attached hydrogens (tertiary/aromatic N) is 1. The highest BCUT2D eigenvalue weighted by Gasteiger charge is 2.22. The molecule has 0 aliphatic heterocycles. The maximum absolute atomic E-state index is 12.5. The number of amides is 1. The second kappa shape index (κ2) is 9.24. The third-order valence-corrected chi connectivity index (χ3v) is 5.94. The molecular weight excluding hydrogens is 372 g/mol. The van der Waals surface area contributed by atoms with Crippen molar-refractivity contribution in [2.75, 3.05) is 17.1 Å². The van der Waals surface area contributed by atoms with Crippen LogP contribution >= 0.6 is 0 Å². The van der Waals surface area contributed by atoms with E-state index in [0.717, 1.165) is 28.1 Å². The number of nitrogens with one attached hydrogen (secondary N) is 1. The second-order valence-electron chi connectivity index (χ2n) is 7.40. The molecule has 0 radical (unpaired) electrons. The first-order valence-corrected chi connectivity index (χ1v) is 11.4. The van der Waals surface area contributed by atoms with Crippen LogP contribution in [-0.4, -0.2) is 27.1 Å². The number of hydrogen-bond acceptors (Lipinski definition) is 3. The summed E-state index contributed by atoms with van der Waals surface area (Å²) < 4.78 is 25.7. The number of rotatable bonds is 8. The van der Waals surface area contributed by atoms with Crippen molar-refractivity contribution in [3.8, 4) is 0 Å². The smallest absolute Gasteiger partial charge is 0.241 e. The van der Waals surface area contributed by atoms with Gasteiger partial charge in [-0.25, -0.2) is 8.42 Å². The molecule has 0 heterocycles. The zero-order chi connectivity index (χ0) is 20.9. The Morgan fingerprint density at radius 1 is 0.964 bits per heavy atom. The largest absolute Gasteiger partial charge is 0.348 e. The maximum Gasteiger partial charge on any atom is 0.241 e. The molecule has 0 aromatic heterocycles. The van der Waals surface area contributed by atoms with Gasteiger partial charge in [-0.05, 0) is 48.1 Å². The molecule has 1 unspecified atom stereocenters. The molecule has 0 saturated heterocycles. The molecule has 152 valence electrons. The zero-order valence-electron chi connectivity index (χ0n) is 17.3. The van der Waals surface area contributed by atoms with Gasteiger partial charge in [0.25, 0.3) is 0 Å². The molecule has 28 heavy (non-hydrogen) atoms. The highest BCUT2D eigenvalue weighted by Crippen LogP contribution is 2.22. The summed E-state index contributed by atoms with van der Waals surface area (Å²) in [7, 11) is -3.58. The number of benzene rings is 2. The highest BCUT2D eigenvalue weighted by molar-refractivity contribution is 7.92. The Labute approximate surface area is 168 Å². The Kier molecular flexibility index (Phi) is 7.24. The Bertz CT molecular complexity index is 888. The lowest BCUT2D eigenvalue weighted by Gasteiger charge is -2.23. The van der Waals surface area contributed by atoms with E-state index in [1.54, 1.807) is 12.1 Å². The number of carbonyl (C=O) groups is 1. The van der Waals surface area contributed by atoms with Gasteiger partial charge < -0.3 is 5.32 Å². The summed E-state index contributed by atoms with van der Waals surface area (Å²) in [5.74, 6) is 0.00871. The van der Waals surface area contributed by atoms with Gasteiger partial charge in [-0.1, -0.05) is 57.2 Å². The van der Waals surface area contributed by atoms with Crippen LogP contribution in [0.2, 0.25) is 0 Å². The van der Waals surface area contributed by atoms with Crippen LogP contribution in [0, 0.1) is 0 Å². The van der Waals surface area contributed by atoms with Crippen LogP contribution in [0.1, 0.15) is 56.3 Å². The van der Waals surface area contributed by atoms with Gasteiger partial charge in [0.15, 0.2) is 0 Å². The summed E-state index contributed by atoms with van der Waals surface area (Å²) in [5, 5.41) is 2.89. The highest BCUT2D eigenvalue weighted by atomic mass is 32.2. The van der Waals surface area contributed by atoms with Crippen LogP contribution in [0.25, 0.3) is 0 Å². The van der Waals surface area contributed by atoms with E-state index in [-0.39, 0.29) is 18.5 Å². The molecule has 1 N–H and O–H groups in total. The number of sulfonamides is 1. The van der Waals surface area contributed by atoms with Gasteiger partial charge >= 0.3 is 0 Å². The fraction of sp³-hybridized carbons (Fsp3) is 0.409. The van der Waals surface area contributed by atoms with Crippen molar-refractivity contribution in [2.24, 2.45) is 0 Å². The van der Waals surface area contributed by atoms with Gasteiger partial charge in [0, 0.05) is 0 Å². The molecule has 5 nitrogen and oxygen atoms in total. The topological polar surface area (TPSA) is 66.5 Å². The van der Waals surface area contributed by atoms with Crippen molar-refractivity contribution in [3.05, 3.63) is 65.2 Å². The molecule has 0 fully saturated rings. The standard InChI is InChI=1S/C22H30N2O3S/c1-6-18-7-9-20(10-8-18)17(4)23-22(25)15-24(28(5,26)27)21-13-11-19(12-14-21)16(2)3/h7-14,16-17H,6,15H2,1-5H3,(H,23,25). The molecule has 2 aromatic rings. The van der Waals surface area contributed by atoms with E-state index >= 15 is 0 Å². The van der Waals surface area contributed by atoms with Gasteiger partial charge in [-0.3, -0.25) is 9.10 Å². The lowest BCUT2D eigenvalue weighted by molar-refractivity contribution is -0.120. The van der Waals surface area contributed by atoms with Crippen molar-refractivity contribution < 1.29 is 13.2 Å². The van der Waals surface area contributed by atoms with Gasteiger partial charge in [0.2, 0.25) is 15.9 Å². The number of hydrogen-bond donors (Lipinski definition) is 1. The molecule has 2 aromatic carbocycles. The molecule has 0 aliphatic rings. The van der Waals surface area contributed by atoms with Crippen molar-refractivity contribution in [1.29, 1.82) is 0 Å². The zero-order valence-corrected chi connectivity index (χ0v) is 18.1. The molecule has 0 aliphatic carbocycles. The third-order valence-electron chi connectivity index (χ3n) is 4.80. The van der Waals surface area contributed by atoms with E-state index in [1.807, 2.05) is 43.3 Å². The van der Waals surface area contributed by atoms with E-state index in [0.29, 0.717) is 11.6 Å². The summed E-state index contributed by atoms with van der Waals surface area (Å²) in [6, 6.07) is 15.1. The van der Waals surface area contributed by atoms with E-state index in [9.17, 15) is 13.2 Å². The lowest BCUT2D eigenvalue weighted by atomic mass is 10.0. The first kappa shape index (κ1) is 22.0. The fourth-order valence-electron chi connectivity index (χ4n) is 2.97. The van der Waals surface area contributed by atoms with E-state index in [4.69, 9.17) is 0 Å². The van der Waals surface area contributed by atoms with Crippen molar-refractivity contribution in [2.45, 2.75) is 46.1 Å². The molecule has 1 atom stereocenters. The Balaban J connectivity index is 2.12. The Hall–Kier alpha value is -2.34. The molecule has 2 rings (SSSR count). The average molecular weight is 403 g/mol. The summed E-state index contributed by atoms with van der Waals surface area (Å²) in [6.45, 7) is 7.88. The third kappa shape index (κ3) is 5.83. The molecule has 0 spiro atoms. The normalized spacial score (nSPS) is 12.6. The van der Waals surface area contributed by atoms with Crippen molar-refractivity contribution >= 4 is 21.6 Å². The first-order chi connectivity index (χ1) is 13.1. The molecule has 0 saturated carbocycles.